The fourth-order valence-electron chi connectivity index (χ4n) is 5.34. The zero-order valence-electron chi connectivity index (χ0n) is 17.9. The second-order valence-corrected chi connectivity index (χ2v) is 10.5. The average Bonchev–Trinajstić information content (AvgIpc) is 3.10. The fraction of sp³-hybridized carbons (Fsp3) is 0.500. The molecule has 0 saturated carbocycles. The van der Waals surface area contributed by atoms with Crippen LogP contribution in [0, 0.1) is 11.3 Å². The van der Waals surface area contributed by atoms with Gasteiger partial charge in [0, 0.05) is 16.0 Å². The van der Waals surface area contributed by atoms with Crippen molar-refractivity contribution in [3.63, 3.8) is 0 Å². The maximum absolute atomic E-state index is 5.27. The molecule has 2 heterocycles. The molecule has 1 aromatic carbocycles. The van der Waals surface area contributed by atoms with Gasteiger partial charge < -0.3 is 0 Å². The Bertz CT molecular complexity index is 1020. The lowest BCUT2D eigenvalue weighted by atomic mass is 9.68. The molecule has 3 aromatic rings. The summed E-state index contributed by atoms with van der Waals surface area (Å²) >= 11 is 1.98. The molecule has 1 nitrogen and oxygen atoms in total. The van der Waals surface area contributed by atoms with Crippen molar-refractivity contribution in [3.8, 4) is 11.1 Å². The Labute approximate surface area is 185 Å². The first-order valence-electron chi connectivity index (χ1n) is 11.1. The van der Waals surface area contributed by atoms with Gasteiger partial charge in [0.25, 0.3) is 0 Å². The summed E-state index contributed by atoms with van der Waals surface area (Å²) in [6.45, 7) is 7.27. The number of aryl methyl sites for hydroxylation is 3. The second-order valence-electron chi connectivity index (χ2n) is 9.45. The number of benzene rings is 1. The molecule has 0 aliphatic heterocycles. The van der Waals surface area contributed by atoms with Crippen molar-refractivity contribution in [2.75, 3.05) is 0 Å². The lowest BCUT2D eigenvalue weighted by Gasteiger charge is -2.37. The largest absolute Gasteiger partial charge is 0.242 e. The van der Waals surface area contributed by atoms with Gasteiger partial charge in [0.15, 0.2) is 0 Å². The van der Waals surface area contributed by atoms with Crippen LogP contribution in [0.15, 0.2) is 30.3 Å². The number of halogens is 1. The first-order valence-corrected chi connectivity index (χ1v) is 11.9. The van der Waals surface area contributed by atoms with E-state index < -0.39 is 0 Å². The summed E-state index contributed by atoms with van der Waals surface area (Å²) in [5, 5.41) is 1.50. The van der Waals surface area contributed by atoms with Crippen molar-refractivity contribution in [2.45, 2.75) is 72.1 Å². The predicted octanol–water partition coefficient (Wildman–Crippen LogP) is 7.81. The van der Waals surface area contributed by atoms with Crippen LogP contribution in [0.4, 0.5) is 0 Å². The second kappa shape index (κ2) is 8.04. The normalized spacial score (nSPS) is 18.8. The monoisotopic (exact) mass is 425 g/mol. The number of hydrogen-bond acceptors (Lipinski definition) is 2. The zero-order valence-corrected chi connectivity index (χ0v) is 19.5. The minimum atomic E-state index is 0. The van der Waals surface area contributed by atoms with Crippen molar-refractivity contribution >= 4 is 34.0 Å². The van der Waals surface area contributed by atoms with Crippen LogP contribution < -0.4 is 0 Å². The van der Waals surface area contributed by atoms with Crippen LogP contribution in [0.3, 0.4) is 0 Å². The Morgan fingerprint density at radius 2 is 1.79 bits per heavy atom. The van der Waals surface area contributed by atoms with E-state index in [9.17, 15) is 0 Å². The van der Waals surface area contributed by atoms with E-state index in [2.05, 4.69) is 51.1 Å². The molecule has 5 rings (SSSR count). The highest BCUT2D eigenvalue weighted by Gasteiger charge is 2.34. The van der Waals surface area contributed by atoms with E-state index >= 15 is 0 Å². The quantitative estimate of drug-likeness (QED) is 0.417. The number of hydrogen-bond donors (Lipinski definition) is 0. The molecule has 0 radical (unpaired) electrons. The van der Waals surface area contributed by atoms with Crippen LogP contribution in [0.2, 0.25) is 0 Å². The van der Waals surface area contributed by atoms with E-state index in [4.69, 9.17) is 4.98 Å². The Morgan fingerprint density at radius 1 is 1.03 bits per heavy atom. The molecule has 0 spiro atoms. The van der Waals surface area contributed by atoms with Gasteiger partial charge in [-0.3, -0.25) is 0 Å². The molecule has 3 heteroatoms. The summed E-state index contributed by atoms with van der Waals surface area (Å²) in [5.74, 6) is 0.751. The maximum Gasteiger partial charge on any atom is 0.124 e. The molecule has 0 bridgehead atoms. The highest BCUT2D eigenvalue weighted by molar-refractivity contribution is 7.19. The number of aromatic nitrogens is 1. The van der Waals surface area contributed by atoms with Crippen molar-refractivity contribution < 1.29 is 0 Å². The van der Waals surface area contributed by atoms with Gasteiger partial charge in [-0.15, -0.1) is 23.7 Å². The SMILES string of the molecule is CCC(C)(C)C1CCc2nc3sc4c(c3c(-c3ccccc3)c2C1)CCCC4.Cl. The van der Waals surface area contributed by atoms with Gasteiger partial charge in [0.05, 0.1) is 0 Å². The van der Waals surface area contributed by atoms with E-state index in [1.54, 1.807) is 16.0 Å². The molecule has 2 aromatic heterocycles. The summed E-state index contributed by atoms with van der Waals surface area (Å²) in [4.78, 5) is 8.18. The molecular formula is C26H32ClNS. The van der Waals surface area contributed by atoms with Gasteiger partial charge in [-0.25, -0.2) is 4.98 Å². The molecular weight excluding hydrogens is 394 g/mol. The molecule has 0 fully saturated rings. The van der Waals surface area contributed by atoms with Crippen molar-refractivity contribution in [1.29, 1.82) is 0 Å². The lowest BCUT2D eigenvalue weighted by Crippen LogP contribution is -2.29. The van der Waals surface area contributed by atoms with Crippen LogP contribution >= 0.6 is 23.7 Å². The van der Waals surface area contributed by atoms with Gasteiger partial charge in [-0.1, -0.05) is 57.5 Å². The summed E-state index contributed by atoms with van der Waals surface area (Å²) in [5.41, 5.74) is 7.88. The van der Waals surface area contributed by atoms with Crippen LogP contribution in [-0.2, 0) is 25.7 Å². The van der Waals surface area contributed by atoms with E-state index in [1.807, 2.05) is 11.3 Å². The standard InChI is InChI=1S/C26H31NS.ClH/c1-4-26(2,3)18-14-15-21-20(16-18)23(17-10-6-5-7-11-17)24-19-12-8-9-13-22(19)28-25(24)27-21;/h5-7,10-11,18H,4,8-9,12-16H2,1-3H3;1H. The van der Waals surface area contributed by atoms with Crippen LogP contribution in [0.1, 0.15) is 68.2 Å². The van der Waals surface area contributed by atoms with E-state index in [0.29, 0.717) is 5.41 Å². The summed E-state index contributed by atoms with van der Waals surface area (Å²) in [6, 6.07) is 11.2. The molecule has 2 aliphatic carbocycles. The number of rotatable bonds is 3. The Morgan fingerprint density at radius 3 is 2.55 bits per heavy atom. The lowest BCUT2D eigenvalue weighted by molar-refractivity contribution is 0.182. The summed E-state index contributed by atoms with van der Waals surface area (Å²) in [6.07, 6.45) is 10.0. The summed E-state index contributed by atoms with van der Waals surface area (Å²) in [7, 11) is 0. The molecule has 154 valence electrons. The van der Waals surface area contributed by atoms with Gasteiger partial charge in [-0.05, 0) is 78.5 Å². The van der Waals surface area contributed by atoms with E-state index in [-0.39, 0.29) is 12.4 Å². The fourth-order valence-corrected chi connectivity index (χ4v) is 6.63. The maximum atomic E-state index is 5.27. The van der Waals surface area contributed by atoms with Crippen LogP contribution in [0.5, 0.6) is 0 Å². The Balaban J connectivity index is 0.00000205. The topological polar surface area (TPSA) is 12.9 Å². The van der Waals surface area contributed by atoms with Crippen LogP contribution in [0.25, 0.3) is 21.3 Å². The van der Waals surface area contributed by atoms with Gasteiger partial charge in [-0.2, -0.15) is 0 Å². The summed E-state index contributed by atoms with van der Waals surface area (Å²) < 4.78 is 0. The smallest absolute Gasteiger partial charge is 0.124 e. The minimum Gasteiger partial charge on any atom is -0.242 e. The molecule has 1 unspecified atom stereocenters. The van der Waals surface area contributed by atoms with Gasteiger partial charge in [0.1, 0.15) is 4.83 Å². The molecule has 29 heavy (non-hydrogen) atoms. The number of nitrogens with zero attached hydrogens (tertiary/aromatic N) is 1. The van der Waals surface area contributed by atoms with Crippen molar-refractivity contribution in [3.05, 3.63) is 52.0 Å². The van der Waals surface area contributed by atoms with Crippen LogP contribution in [-0.4, -0.2) is 4.98 Å². The number of pyridine rings is 1. The zero-order chi connectivity index (χ0) is 19.3. The molecule has 0 amide bonds. The Hall–Kier alpha value is -1.38. The average molecular weight is 426 g/mol. The predicted molar refractivity (Wildman–Crippen MR) is 129 cm³/mol. The van der Waals surface area contributed by atoms with Crippen molar-refractivity contribution in [1.82, 2.24) is 4.98 Å². The van der Waals surface area contributed by atoms with Crippen molar-refractivity contribution in [2.24, 2.45) is 11.3 Å². The molecule has 1 atom stereocenters. The van der Waals surface area contributed by atoms with Gasteiger partial charge in [0.2, 0.25) is 0 Å². The number of thiophene rings is 1. The first kappa shape index (κ1) is 20.9. The van der Waals surface area contributed by atoms with E-state index in [0.717, 1.165) is 12.3 Å². The van der Waals surface area contributed by atoms with E-state index in [1.165, 1.54) is 72.0 Å². The van der Waals surface area contributed by atoms with Gasteiger partial charge >= 0.3 is 0 Å². The third-order valence-corrected chi connectivity index (χ3v) is 8.73. The molecule has 0 N–H and O–H groups in total. The molecule has 2 aliphatic rings. The Kier molecular flexibility index (Phi) is 5.79. The first-order chi connectivity index (χ1) is 13.6. The third kappa shape index (κ3) is 3.53. The highest BCUT2D eigenvalue weighted by Crippen LogP contribution is 2.47. The number of fused-ring (bicyclic) bond motifs is 4. The third-order valence-electron chi connectivity index (χ3n) is 7.55. The molecule has 0 saturated heterocycles. The highest BCUT2D eigenvalue weighted by atomic mass is 35.5. The minimum absolute atomic E-state index is 0.